The fourth-order valence-corrected chi connectivity index (χ4v) is 0. The van der Waals surface area contributed by atoms with Gasteiger partial charge in [-0.2, -0.15) is 0 Å². The summed E-state index contributed by atoms with van der Waals surface area (Å²) in [6.07, 6.45) is 0. The maximum atomic E-state index is 8.25. The smallest absolute Gasteiger partial charge is 0 e. The van der Waals surface area contributed by atoms with Crippen LogP contribution in [0.1, 0.15) is 0 Å². The molecule has 0 aromatic rings. The summed E-state index contributed by atoms with van der Waals surface area (Å²) in [5, 5.41) is 0. The second-order valence-electron chi connectivity index (χ2n) is 0. The summed E-state index contributed by atoms with van der Waals surface area (Å²) >= 11 is 0.750. The van der Waals surface area contributed by atoms with E-state index in [1.54, 1.807) is 0 Å². The Morgan fingerprint density at radius 3 is 1.25 bits per heavy atom. The SMILES string of the molecule is [CH3-].[O]=[Ti+].[Pt]. The van der Waals surface area contributed by atoms with Crippen LogP contribution in [-0.2, 0) is 44.8 Å². The molecule has 4 heavy (non-hydrogen) atoms. The summed E-state index contributed by atoms with van der Waals surface area (Å²) in [6, 6.07) is 0. The van der Waals surface area contributed by atoms with E-state index < -0.39 is 0 Å². The van der Waals surface area contributed by atoms with Crippen LogP contribution in [0.2, 0.25) is 0 Å². The van der Waals surface area contributed by atoms with E-state index in [0.717, 1.165) is 20.4 Å². The second kappa shape index (κ2) is 29.8. The first kappa shape index (κ1) is 18.9. The predicted molar refractivity (Wildman–Crippen MR) is 7.10 cm³/mol. The van der Waals surface area contributed by atoms with Crippen LogP contribution in [0.3, 0.4) is 0 Å². The molecule has 0 rings (SSSR count). The van der Waals surface area contributed by atoms with Gasteiger partial charge in [-0.1, -0.05) is 0 Å². The summed E-state index contributed by atoms with van der Waals surface area (Å²) in [4.78, 5) is 0. The van der Waals surface area contributed by atoms with Gasteiger partial charge in [-0.3, -0.25) is 0 Å². The number of hydrogen-bond donors (Lipinski definition) is 0. The molecule has 1 nitrogen and oxygen atoms in total. The Morgan fingerprint density at radius 2 is 1.25 bits per heavy atom. The third-order valence-electron chi connectivity index (χ3n) is 0. The van der Waals surface area contributed by atoms with Gasteiger partial charge in [0.2, 0.25) is 0 Å². The molecule has 0 aliphatic carbocycles. The minimum atomic E-state index is 0. The minimum absolute atomic E-state index is 0. The molecule has 0 heterocycles. The molecule has 0 spiro atoms. The molecule has 0 fully saturated rings. The standard InChI is InChI=1S/CH3.O.Pt.Ti/h1H3;;;/q-1;;;+1. The van der Waals surface area contributed by atoms with Crippen LogP contribution in [0, 0.1) is 7.43 Å². The molecule has 0 N–H and O–H groups in total. The van der Waals surface area contributed by atoms with Crippen molar-refractivity contribution < 1.29 is 44.8 Å². The zero-order chi connectivity index (χ0) is 2.00. The maximum Gasteiger partial charge on any atom is 0 e. The van der Waals surface area contributed by atoms with Gasteiger partial charge in [-0.05, 0) is 0 Å². The summed E-state index contributed by atoms with van der Waals surface area (Å²) in [5.74, 6) is 0. The van der Waals surface area contributed by atoms with Crippen molar-refractivity contribution in [1.29, 1.82) is 0 Å². The van der Waals surface area contributed by atoms with Crippen LogP contribution in [0.15, 0.2) is 0 Å². The van der Waals surface area contributed by atoms with Crippen molar-refractivity contribution in [1.82, 2.24) is 0 Å². The van der Waals surface area contributed by atoms with Crippen LogP contribution in [0.4, 0.5) is 0 Å². The van der Waals surface area contributed by atoms with E-state index >= 15 is 0 Å². The van der Waals surface area contributed by atoms with Crippen molar-refractivity contribution in [2.75, 3.05) is 0 Å². The van der Waals surface area contributed by atoms with Crippen molar-refractivity contribution in [2.45, 2.75) is 0 Å². The average molecular weight is 274 g/mol. The van der Waals surface area contributed by atoms with Crippen LogP contribution in [0.25, 0.3) is 0 Å². The van der Waals surface area contributed by atoms with E-state index in [4.69, 9.17) is 3.32 Å². The molecule has 0 aliphatic rings. The van der Waals surface area contributed by atoms with Crippen molar-refractivity contribution in [3.63, 3.8) is 0 Å². The molecular formula is CH3OPtTi. The van der Waals surface area contributed by atoms with Crippen LogP contribution < -0.4 is 0 Å². The molecule has 0 saturated carbocycles. The Labute approximate surface area is 52.1 Å². The van der Waals surface area contributed by atoms with Crippen LogP contribution >= 0.6 is 0 Å². The van der Waals surface area contributed by atoms with E-state index in [1.807, 2.05) is 0 Å². The van der Waals surface area contributed by atoms with Gasteiger partial charge < -0.3 is 7.43 Å². The second-order valence-corrected chi connectivity index (χ2v) is 0. The molecule has 0 amide bonds. The van der Waals surface area contributed by atoms with Gasteiger partial charge in [0.1, 0.15) is 0 Å². The molecule has 0 saturated heterocycles. The normalized spacial score (nSPS) is 1.50. The first-order valence-corrected chi connectivity index (χ1v) is 0.842. The van der Waals surface area contributed by atoms with Gasteiger partial charge >= 0.3 is 23.7 Å². The van der Waals surface area contributed by atoms with Gasteiger partial charge in [0, 0.05) is 21.1 Å². The van der Waals surface area contributed by atoms with Gasteiger partial charge in [0.15, 0.2) is 0 Å². The molecule has 0 bridgehead atoms. The first-order valence-electron chi connectivity index (χ1n) is 0.204. The first-order chi connectivity index (χ1) is 1.00. The Morgan fingerprint density at radius 1 is 1.25 bits per heavy atom. The van der Waals surface area contributed by atoms with Crippen molar-refractivity contribution in [3.05, 3.63) is 7.43 Å². The molecular weight excluding hydrogens is 271 g/mol. The quantitative estimate of drug-likeness (QED) is 0.459. The number of hydrogen-bond acceptors (Lipinski definition) is 1. The average Bonchev–Trinajstić information content (AvgIpc) is 1.00. The third kappa shape index (κ3) is 10.7. The topological polar surface area (TPSA) is 17.1 Å². The Balaban J connectivity index is -0.00000000500. The number of rotatable bonds is 0. The van der Waals surface area contributed by atoms with Gasteiger partial charge in [0.25, 0.3) is 0 Å². The van der Waals surface area contributed by atoms with E-state index in [1.165, 1.54) is 0 Å². The molecule has 27 valence electrons. The fourth-order valence-electron chi connectivity index (χ4n) is 0. The van der Waals surface area contributed by atoms with Crippen molar-refractivity contribution >= 4 is 0 Å². The maximum absolute atomic E-state index is 8.25. The molecule has 0 radical (unpaired) electrons. The summed E-state index contributed by atoms with van der Waals surface area (Å²) in [5.41, 5.74) is 0. The van der Waals surface area contributed by atoms with Crippen LogP contribution in [0.5, 0.6) is 0 Å². The zero-order valence-corrected chi connectivity index (χ0v) is 6.06. The van der Waals surface area contributed by atoms with Gasteiger partial charge in [-0.25, -0.2) is 0 Å². The van der Waals surface area contributed by atoms with Crippen molar-refractivity contribution in [2.24, 2.45) is 0 Å². The van der Waals surface area contributed by atoms with E-state index in [0.29, 0.717) is 0 Å². The summed E-state index contributed by atoms with van der Waals surface area (Å²) in [7, 11) is 0. The van der Waals surface area contributed by atoms with Gasteiger partial charge in [0.05, 0.1) is 0 Å². The largest absolute Gasteiger partial charge is 0 e. The summed E-state index contributed by atoms with van der Waals surface area (Å²) < 4.78 is 8.25. The third-order valence-corrected chi connectivity index (χ3v) is 0. The Kier molecular flexibility index (Phi) is 141. The molecule has 0 unspecified atom stereocenters. The van der Waals surface area contributed by atoms with Crippen LogP contribution in [-0.4, -0.2) is 0 Å². The molecule has 0 aliphatic heterocycles. The van der Waals surface area contributed by atoms with Crippen molar-refractivity contribution in [3.8, 4) is 0 Å². The molecule has 0 aromatic carbocycles. The minimum Gasteiger partial charge on any atom is 0 e. The summed E-state index contributed by atoms with van der Waals surface area (Å²) in [6.45, 7) is 0. The Hall–Kier alpha value is 1.20. The predicted octanol–water partition coefficient (Wildman–Crippen LogP) is 0.326. The Bertz CT molecular complexity index is 8.00. The van der Waals surface area contributed by atoms with E-state index in [-0.39, 0.29) is 28.5 Å². The van der Waals surface area contributed by atoms with E-state index in [9.17, 15) is 0 Å². The fraction of sp³-hybridized carbons (Fsp3) is 0. The molecule has 0 atom stereocenters. The monoisotopic (exact) mass is 274 g/mol. The molecule has 3 heteroatoms. The van der Waals surface area contributed by atoms with E-state index in [2.05, 4.69) is 0 Å². The van der Waals surface area contributed by atoms with Gasteiger partial charge in [-0.15, -0.1) is 0 Å². The zero-order valence-electron chi connectivity index (χ0n) is 2.22. The molecule has 0 aromatic heterocycles.